The van der Waals surface area contributed by atoms with E-state index in [2.05, 4.69) is 0 Å². The molecule has 1 aliphatic rings. The van der Waals surface area contributed by atoms with Crippen LogP contribution in [0.25, 0.3) is 0 Å². The Kier molecular flexibility index (Phi) is 5.05. The van der Waals surface area contributed by atoms with Crippen LogP contribution in [0.1, 0.15) is 32.6 Å². The first-order valence-electron chi connectivity index (χ1n) is 5.70. The van der Waals surface area contributed by atoms with Gasteiger partial charge in [-0.15, -0.1) is 0 Å². The van der Waals surface area contributed by atoms with Gasteiger partial charge in [-0.25, -0.2) is 0 Å². The van der Waals surface area contributed by atoms with Crippen LogP contribution in [0.5, 0.6) is 0 Å². The molecule has 1 heterocycles. The van der Waals surface area contributed by atoms with Crippen LogP contribution in [0.4, 0.5) is 0 Å². The highest BCUT2D eigenvalue weighted by Gasteiger charge is 2.25. The Hall–Kier alpha value is -0.610. The van der Waals surface area contributed by atoms with Crippen molar-refractivity contribution >= 4 is 5.91 Å². The second kappa shape index (κ2) is 6.08. The van der Waals surface area contributed by atoms with Crippen LogP contribution in [0, 0.1) is 5.92 Å². The molecule has 2 unspecified atom stereocenters. The molecule has 0 aromatic rings. The summed E-state index contributed by atoms with van der Waals surface area (Å²) >= 11 is 0. The Morgan fingerprint density at radius 1 is 1.60 bits per heavy atom. The first-order valence-corrected chi connectivity index (χ1v) is 5.70. The minimum atomic E-state index is -0.398. The average molecular weight is 215 g/mol. The smallest absolute Gasteiger partial charge is 0.222 e. The minimum absolute atomic E-state index is 0.135. The van der Waals surface area contributed by atoms with E-state index < -0.39 is 6.10 Å². The Morgan fingerprint density at radius 3 is 2.93 bits per heavy atom. The molecule has 1 saturated heterocycles. The van der Waals surface area contributed by atoms with Crippen molar-refractivity contribution < 1.29 is 15.0 Å². The summed E-state index contributed by atoms with van der Waals surface area (Å²) in [6.07, 6.45) is 2.37. The molecule has 0 radical (unpaired) electrons. The Labute approximate surface area is 90.9 Å². The van der Waals surface area contributed by atoms with Crippen LogP contribution in [-0.2, 0) is 4.79 Å². The lowest BCUT2D eigenvalue weighted by molar-refractivity contribution is -0.130. The number of aliphatic hydroxyl groups is 2. The summed E-state index contributed by atoms with van der Waals surface area (Å²) in [4.78, 5) is 13.5. The fourth-order valence-electron chi connectivity index (χ4n) is 1.97. The van der Waals surface area contributed by atoms with Crippen LogP contribution in [0.15, 0.2) is 0 Å². The van der Waals surface area contributed by atoms with Crippen molar-refractivity contribution in [1.82, 2.24) is 4.90 Å². The SMILES string of the molecule is CC(O)CCC(=O)N1CCC(CCO)C1. The predicted molar refractivity (Wildman–Crippen MR) is 57.3 cm³/mol. The molecule has 2 N–H and O–H groups in total. The van der Waals surface area contributed by atoms with Crippen molar-refractivity contribution in [2.24, 2.45) is 5.92 Å². The van der Waals surface area contributed by atoms with Crippen molar-refractivity contribution in [1.29, 1.82) is 0 Å². The normalized spacial score (nSPS) is 23.1. The first kappa shape index (κ1) is 12.5. The fourth-order valence-corrected chi connectivity index (χ4v) is 1.97. The van der Waals surface area contributed by atoms with Crippen molar-refractivity contribution in [3.63, 3.8) is 0 Å². The third kappa shape index (κ3) is 4.18. The minimum Gasteiger partial charge on any atom is -0.396 e. The number of hydrogen-bond donors (Lipinski definition) is 2. The lowest BCUT2D eigenvalue weighted by Gasteiger charge is -2.16. The van der Waals surface area contributed by atoms with Crippen LogP contribution in [-0.4, -0.2) is 46.8 Å². The number of rotatable bonds is 5. The number of carbonyl (C=O) groups is 1. The average Bonchev–Trinajstić information content (AvgIpc) is 2.63. The first-order chi connectivity index (χ1) is 7.13. The molecule has 2 atom stereocenters. The molecule has 1 fully saturated rings. The molecule has 1 aliphatic heterocycles. The van der Waals surface area contributed by atoms with E-state index in [1.54, 1.807) is 6.92 Å². The number of carbonyl (C=O) groups excluding carboxylic acids is 1. The Morgan fingerprint density at radius 2 is 2.33 bits per heavy atom. The summed E-state index contributed by atoms with van der Waals surface area (Å²) in [5.74, 6) is 0.599. The van der Waals surface area contributed by atoms with E-state index in [1.165, 1.54) is 0 Å². The number of nitrogens with zero attached hydrogens (tertiary/aromatic N) is 1. The second-order valence-electron chi connectivity index (χ2n) is 4.39. The third-order valence-electron chi connectivity index (χ3n) is 2.95. The molecule has 15 heavy (non-hydrogen) atoms. The zero-order valence-electron chi connectivity index (χ0n) is 9.35. The van der Waals surface area contributed by atoms with Gasteiger partial charge in [-0.05, 0) is 32.1 Å². The van der Waals surface area contributed by atoms with Crippen molar-refractivity contribution in [3.8, 4) is 0 Å². The van der Waals surface area contributed by atoms with Gasteiger partial charge in [0.05, 0.1) is 6.10 Å². The molecule has 4 heteroatoms. The topological polar surface area (TPSA) is 60.8 Å². The molecule has 4 nitrogen and oxygen atoms in total. The Balaban J connectivity index is 2.24. The molecular formula is C11H21NO3. The third-order valence-corrected chi connectivity index (χ3v) is 2.95. The number of hydrogen-bond acceptors (Lipinski definition) is 3. The van der Waals surface area contributed by atoms with Crippen molar-refractivity contribution in [2.75, 3.05) is 19.7 Å². The van der Waals surface area contributed by atoms with Gasteiger partial charge in [0.25, 0.3) is 0 Å². The summed E-state index contributed by atoms with van der Waals surface area (Å²) < 4.78 is 0. The second-order valence-corrected chi connectivity index (χ2v) is 4.39. The molecule has 1 rings (SSSR count). The van der Waals surface area contributed by atoms with E-state index in [1.807, 2.05) is 4.90 Å². The predicted octanol–water partition coefficient (Wildman–Crippen LogP) is 0.378. The highest BCUT2D eigenvalue weighted by molar-refractivity contribution is 5.76. The summed E-state index contributed by atoms with van der Waals surface area (Å²) in [5.41, 5.74) is 0. The zero-order valence-corrected chi connectivity index (χ0v) is 9.35. The number of likely N-dealkylation sites (tertiary alicyclic amines) is 1. The highest BCUT2D eigenvalue weighted by atomic mass is 16.3. The lowest BCUT2D eigenvalue weighted by atomic mass is 10.1. The van der Waals surface area contributed by atoms with Crippen LogP contribution in [0.3, 0.4) is 0 Å². The van der Waals surface area contributed by atoms with E-state index >= 15 is 0 Å². The molecular weight excluding hydrogens is 194 g/mol. The summed E-state index contributed by atoms with van der Waals surface area (Å²) in [5, 5.41) is 17.9. The largest absolute Gasteiger partial charge is 0.396 e. The van der Waals surface area contributed by atoms with E-state index in [0.29, 0.717) is 18.8 Å². The molecule has 0 aromatic carbocycles. The van der Waals surface area contributed by atoms with Crippen LogP contribution >= 0.6 is 0 Å². The molecule has 0 saturated carbocycles. The van der Waals surface area contributed by atoms with Gasteiger partial charge in [-0.1, -0.05) is 0 Å². The summed E-state index contributed by atoms with van der Waals surface area (Å²) in [7, 11) is 0. The fraction of sp³-hybridized carbons (Fsp3) is 0.909. The molecule has 0 spiro atoms. The molecule has 0 aliphatic carbocycles. The van der Waals surface area contributed by atoms with Gasteiger partial charge in [0, 0.05) is 26.1 Å². The molecule has 88 valence electrons. The van der Waals surface area contributed by atoms with Crippen LogP contribution in [0.2, 0.25) is 0 Å². The molecule has 0 aromatic heterocycles. The monoisotopic (exact) mass is 215 g/mol. The van der Waals surface area contributed by atoms with Gasteiger partial charge in [0.15, 0.2) is 0 Å². The summed E-state index contributed by atoms with van der Waals surface area (Å²) in [6, 6.07) is 0. The lowest BCUT2D eigenvalue weighted by Crippen LogP contribution is -2.29. The number of aliphatic hydroxyl groups excluding tert-OH is 2. The van der Waals surface area contributed by atoms with Gasteiger partial charge < -0.3 is 15.1 Å². The standard InChI is InChI=1S/C11H21NO3/c1-9(14)2-3-11(15)12-6-4-10(8-12)5-7-13/h9-10,13-14H,2-8H2,1H3. The van der Waals surface area contributed by atoms with Gasteiger partial charge in [0.1, 0.15) is 0 Å². The highest BCUT2D eigenvalue weighted by Crippen LogP contribution is 2.20. The number of amides is 1. The zero-order chi connectivity index (χ0) is 11.3. The van der Waals surface area contributed by atoms with Gasteiger partial charge in [0.2, 0.25) is 5.91 Å². The van der Waals surface area contributed by atoms with E-state index in [0.717, 1.165) is 25.9 Å². The van der Waals surface area contributed by atoms with Gasteiger partial charge in [-0.2, -0.15) is 0 Å². The van der Waals surface area contributed by atoms with Gasteiger partial charge >= 0.3 is 0 Å². The Bertz CT molecular complexity index is 206. The van der Waals surface area contributed by atoms with Crippen LogP contribution < -0.4 is 0 Å². The maximum Gasteiger partial charge on any atom is 0.222 e. The van der Waals surface area contributed by atoms with Gasteiger partial charge in [-0.3, -0.25) is 4.79 Å². The van der Waals surface area contributed by atoms with E-state index in [9.17, 15) is 4.79 Å². The van der Waals surface area contributed by atoms with Crippen molar-refractivity contribution in [3.05, 3.63) is 0 Å². The maximum atomic E-state index is 11.7. The summed E-state index contributed by atoms with van der Waals surface area (Å²) in [6.45, 7) is 3.49. The maximum absolute atomic E-state index is 11.7. The van der Waals surface area contributed by atoms with Crippen molar-refractivity contribution in [2.45, 2.75) is 38.7 Å². The molecule has 1 amide bonds. The molecule has 0 bridgehead atoms. The van der Waals surface area contributed by atoms with E-state index in [4.69, 9.17) is 10.2 Å². The quantitative estimate of drug-likeness (QED) is 0.697. The van der Waals surface area contributed by atoms with E-state index in [-0.39, 0.29) is 12.5 Å².